The van der Waals surface area contributed by atoms with Crippen molar-refractivity contribution in [3.63, 3.8) is 0 Å². The summed E-state index contributed by atoms with van der Waals surface area (Å²) in [5, 5.41) is 0.0573. The van der Waals surface area contributed by atoms with E-state index in [1.54, 1.807) is 0 Å². The number of carbonyl (C=O) groups excluding carboxylic acids is 2. The van der Waals surface area contributed by atoms with E-state index in [0.717, 1.165) is 14.9 Å². The standard InChI is InChI=1S/C18H15BrO2S/c1-12(20)18-16(21)11-17(13-7-9-14(19)10-8-13)22(18)15-5-3-2-4-6-15/h2-10,17H,11H2,1H3/t17-,22?/m1/s1. The lowest BCUT2D eigenvalue weighted by atomic mass is 10.1. The number of carbonyl (C=O) groups is 2. The first-order chi connectivity index (χ1) is 10.6. The molecule has 2 atom stereocenters. The number of Topliss-reactive ketones (excluding diaryl/α,β-unsaturated/α-hetero) is 2. The van der Waals surface area contributed by atoms with Gasteiger partial charge in [0.1, 0.15) is 0 Å². The van der Waals surface area contributed by atoms with Gasteiger partial charge in [-0.1, -0.05) is 46.3 Å². The minimum atomic E-state index is -0.482. The molecule has 2 aromatic carbocycles. The first kappa shape index (κ1) is 15.4. The van der Waals surface area contributed by atoms with Gasteiger partial charge in [-0.2, -0.15) is 0 Å². The van der Waals surface area contributed by atoms with E-state index in [1.165, 1.54) is 6.92 Å². The van der Waals surface area contributed by atoms with E-state index in [0.29, 0.717) is 11.3 Å². The Morgan fingerprint density at radius 1 is 1.09 bits per heavy atom. The van der Waals surface area contributed by atoms with Crippen molar-refractivity contribution in [2.75, 3.05) is 0 Å². The summed E-state index contributed by atoms with van der Waals surface area (Å²) >= 11 is 3.44. The molecule has 2 aromatic rings. The average Bonchev–Trinajstić information content (AvgIpc) is 2.86. The first-order valence-electron chi connectivity index (χ1n) is 7.02. The fourth-order valence-electron chi connectivity index (χ4n) is 2.74. The van der Waals surface area contributed by atoms with Crippen LogP contribution in [0.25, 0.3) is 0 Å². The summed E-state index contributed by atoms with van der Waals surface area (Å²) in [4.78, 5) is 25.9. The maximum absolute atomic E-state index is 12.4. The summed E-state index contributed by atoms with van der Waals surface area (Å²) in [5.74, 6) is -0.107. The Balaban J connectivity index is 2.17. The molecule has 0 amide bonds. The number of halogens is 1. The van der Waals surface area contributed by atoms with Crippen LogP contribution in [0, 0.1) is 0 Å². The number of hydrogen-bond donors (Lipinski definition) is 0. The van der Waals surface area contributed by atoms with Gasteiger partial charge in [0.25, 0.3) is 0 Å². The maximum Gasteiger partial charge on any atom is 0.173 e. The molecule has 112 valence electrons. The van der Waals surface area contributed by atoms with Crippen LogP contribution in [0.4, 0.5) is 0 Å². The van der Waals surface area contributed by atoms with E-state index >= 15 is 0 Å². The van der Waals surface area contributed by atoms with Crippen LogP contribution in [0.3, 0.4) is 0 Å². The molecule has 1 heterocycles. The van der Waals surface area contributed by atoms with Gasteiger partial charge in [0, 0.05) is 21.0 Å². The lowest BCUT2D eigenvalue weighted by Gasteiger charge is -2.17. The zero-order valence-electron chi connectivity index (χ0n) is 12.1. The highest BCUT2D eigenvalue weighted by Gasteiger charge is 2.35. The zero-order valence-corrected chi connectivity index (χ0v) is 14.5. The van der Waals surface area contributed by atoms with Crippen molar-refractivity contribution in [1.29, 1.82) is 0 Å². The van der Waals surface area contributed by atoms with E-state index in [2.05, 4.69) is 15.9 Å². The van der Waals surface area contributed by atoms with Crippen LogP contribution in [0.15, 0.2) is 64.0 Å². The van der Waals surface area contributed by atoms with Gasteiger partial charge in [-0.15, -0.1) is 10.5 Å². The van der Waals surface area contributed by atoms with Crippen LogP contribution in [0.2, 0.25) is 0 Å². The molecule has 0 aromatic heterocycles. The fourth-order valence-corrected chi connectivity index (χ4v) is 5.69. The summed E-state index contributed by atoms with van der Waals surface area (Å²) in [6.45, 7) is 1.50. The Labute approximate surface area is 140 Å². The van der Waals surface area contributed by atoms with Crippen molar-refractivity contribution >= 4 is 42.8 Å². The molecule has 0 bridgehead atoms. The fraction of sp³-hybridized carbons (Fsp3) is 0.167. The Morgan fingerprint density at radius 3 is 2.32 bits per heavy atom. The summed E-state index contributed by atoms with van der Waals surface area (Å²) in [6.07, 6.45) is 0.411. The van der Waals surface area contributed by atoms with Gasteiger partial charge in [-0.25, -0.2) is 0 Å². The Kier molecular flexibility index (Phi) is 4.41. The molecule has 2 nitrogen and oxygen atoms in total. The third kappa shape index (κ3) is 2.85. The monoisotopic (exact) mass is 374 g/mol. The molecule has 0 spiro atoms. The second-order valence-electron chi connectivity index (χ2n) is 5.20. The largest absolute Gasteiger partial charge is 0.294 e. The van der Waals surface area contributed by atoms with Crippen molar-refractivity contribution in [2.45, 2.75) is 23.5 Å². The van der Waals surface area contributed by atoms with Gasteiger partial charge in [-0.05, 0) is 36.8 Å². The van der Waals surface area contributed by atoms with Gasteiger partial charge in [-0.3, -0.25) is 9.59 Å². The molecule has 0 fully saturated rings. The summed E-state index contributed by atoms with van der Waals surface area (Å²) in [7, 11) is -0.482. The molecule has 0 N–H and O–H groups in total. The third-order valence-corrected chi connectivity index (χ3v) is 6.96. The van der Waals surface area contributed by atoms with E-state index < -0.39 is 10.5 Å². The molecular weight excluding hydrogens is 360 g/mol. The van der Waals surface area contributed by atoms with Crippen molar-refractivity contribution in [3.8, 4) is 0 Å². The van der Waals surface area contributed by atoms with Gasteiger partial charge >= 0.3 is 0 Å². The van der Waals surface area contributed by atoms with Gasteiger partial charge < -0.3 is 0 Å². The first-order valence-corrected chi connectivity index (χ1v) is 9.10. The second kappa shape index (κ2) is 6.31. The minimum absolute atomic E-state index is 0.00685. The number of rotatable bonds is 3. The lowest BCUT2D eigenvalue weighted by molar-refractivity contribution is -0.115. The van der Waals surface area contributed by atoms with Crippen LogP contribution in [-0.4, -0.2) is 16.4 Å². The van der Waals surface area contributed by atoms with Gasteiger partial charge in [0.2, 0.25) is 0 Å². The molecule has 1 unspecified atom stereocenters. The molecule has 0 saturated heterocycles. The highest BCUT2D eigenvalue weighted by molar-refractivity contribution is 9.10. The predicted molar refractivity (Wildman–Crippen MR) is 94.5 cm³/mol. The summed E-state index contributed by atoms with van der Waals surface area (Å²) < 4.78 is 1.01. The van der Waals surface area contributed by atoms with Crippen LogP contribution in [0.1, 0.15) is 24.2 Å². The molecule has 0 radical (unpaired) electrons. The summed E-state index contributed by atoms with van der Waals surface area (Å²) in [5.41, 5.74) is 1.11. The predicted octanol–water partition coefficient (Wildman–Crippen LogP) is 4.55. The molecule has 22 heavy (non-hydrogen) atoms. The smallest absolute Gasteiger partial charge is 0.173 e. The molecule has 1 aliphatic heterocycles. The second-order valence-corrected chi connectivity index (χ2v) is 8.24. The Bertz CT molecular complexity index is 763. The quantitative estimate of drug-likeness (QED) is 0.738. The van der Waals surface area contributed by atoms with E-state index in [-0.39, 0.29) is 16.8 Å². The van der Waals surface area contributed by atoms with Crippen LogP contribution >= 0.6 is 26.4 Å². The molecule has 0 saturated carbocycles. The number of hydrogen-bond acceptors (Lipinski definition) is 2. The molecule has 1 aliphatic rings. The van der Waals surface area contributed by atoms with Crippen molar-refractivity contribution in [3.05, 3.63) is 64.6 Å². The molecule has 0 aliphatic carbocycles. The van der Waals surface area contributed by atoms with Gasteiger partial charge in [0.15, 0.2) is 11.6 Å². The van der Waals surface area contributed by atoms with Crippen LogP contribution in [0.5, 0.6) is 0 Å². The average molecular weight is 375 g/mol. The van der Waals surface area contributed by atoms with E-state index in [1.807, 2.05) is 54.6 Å². The SMILES string of the molecule is CC(=O)C1=S(c2ccccc2)[C@@H](c2ccc(Br)cc2)CC1=O. The minimum Gasteiger partial charge on any atom is -0.294 e. The number of benzene rings is 2. The highest BCUT2D eigenvalue weighted by atomic mass is 79.9. The van der Waals surface area contributed by atoms with Gasteiger partial charge in [0.05, 0.1) is 4.86 Å². The van der Waals surface area contributed by atoms with E-state index in [9.17, 15) is 9.59 Å². The van der Waals surface area contributed by atoms with Crippen molar-refractivity contribution < 1.29 is 9.59 Å². The Hall–Kier alpha value is -1.52. The molecule has 4 heteroatoms. The van der Waals surface area contributed by atoms with E-state index in [4.69, 9.17) is 0 Å². The highest BCUT2D eigenvalue weighted by Crippen LogP contribution is 2.50. The zero-order chi connectivity index (χ0) is 15.7. The molecular formula is C18H15BrO2S. The molecule has 3 rings (SSSR count). The topological polar surface area (TPSA) is 34.1 Å². The third-order valence-electron chi connectivity index (χ3n) is 3.69. The van der Waals surface area contributed by atoms with Crippen LogP contribution < -0.4 is 0 Å². The van der Waals surface area contributed by atoms with Crippen molar-refractivity contribution in [1.82, 2.24) is 0 Å². The maximum atomic E-state index is 12.4. The normalized spacial score (nSPS) is 21.2. The van der Waals surface area contributed by atoms with Crippen molar-refractivity contribution in [2.24, 2.45) is 0 Å². The number of ketones is 2. The van der Waals surface area contributed by atoms with Crippen LogP contribution in [-0.2, 0) is 9.59 Å². The lowest BCUT2D eigenvalue weighted by Crippen LogP contribution is -2.16. The Morgan fingerprint density at radius 2 is 1.73 bits per heavy atom. The summed E-state index contributed by atoms with van der Waals surface area (Å²) in [6, 6.07) is 17.9.